The number of carbonyl (C=O) groups excluding carboxylic acids is 1. The van der Waals surface area contributed by atoms with Crippen LogP contribution in [0.1, 0.15) is 26.7 Å². The fraction of sp³-hybridized carbons (Fsp3) is 0.800. The van der Waals surface area contributed by atoms with Gasteiger partial charge in [0, 0.05) is 5.92 Å². The van der Waals surface area contributed by atoms with Gasteiger partial charge in [-0.3, -0.25) is 4.79 Å². The number of ether oxygens (including phenoxy) is 3. The Hall–Kier alpha value is -0.870. The van der Waals surface area contributed by atoms with Gasteiger partial charge in [-0.05, 0) is 38.5 Å². The normalized spacial score (nSPS) is 50.3. The van der Waals surface area contributed by atoms with Crippen LogP contribution in [0, 0.1) is 23.2 Å². The number of carbonyl (C=O) groups is 1. The average molecular weight is 264 g/mol. The van der Waals surface area contributed by atoms with E-state index in [1.165, 1.54) is 0 Å². The maximum Gasteiger partial charge on any atom is 0.313 e. The van der Waals surface area contributed by atoms with Gasteiger partial charge in [-0.25, -0.2) is 0 Å². The van der Waals surface area contributed by atoms with E-state index in [0.717, 1.165) is 12.8 Å². The SMILES string of the molecule is CC1(C)OC[C@@H]([C@@H]2[C@@H]3C=C[C@@H](C3)[C@]23CCOC3=O)O1. The van der Waals surface area contributed by atoms with Crippen LogP contribution in [0.4, 0.5) is 0 Å². The van der Waals surface area contributed by atoms with Crippen LogP contribution in [-0.2, 0) is 19.0 Å². The highest BCUT2D eigenvalue weighted by atomic mass is 16.7. The summed E-state index contributed by atoms with van der Waals surface area (Å²) in [5.74, 6) is 0.463. The largest absolute Gasteiger partial charge is 0.465 e. The molecule has 2 saturated heterocycles. The summed E-state index contributed by atoms with van der Waals surface area (Å²) in [4.78, 5) is 12.4. The van der Waals surface area contributed by atoms with Gasteiger partial charge in [0.15, 0.2) is 5.79 Å². The summed E-state index contributed by atoms with van der Waals surface area (Å²) >= 11 is 0. The molecule has 1 spiro atoms. The number of fused-ring (bicyclic) bond motifs is 3. The fourth-order valence-corrected chi connectivity index (χ4v) is 4.69. The zero-order valence-corrected chi connectivity index (χ0v) is 11.4. The van der Waals surface area contributed by atoms with E-state index in [1.807, 2.05) is 13.8 Å². The van der Waals surface area contributed by atoms with E-state index >= 15 is 0 Å². The predicted octanol–water partition coefficient (Wildman–Crippen LogP) is 1.89. The third-order valence-electron chi connectivity index (χ3n) is 5.39. The molecule has 0 N–H and O–H groups in total. The van der Waals surface area contributed by atoms with E-state index < -0.39 is 5.79 Å². The van der Waals surface area contributed by atoms with Gasteiger partial charge in [-0.2, -0.15) is 0 Å². The molecular formula is C15H20O4. The molecule has 19 heavy (non-hydrogen) atoms. The zero-order chi connectivity index (χ0) is 13.3. The van der Waals surface area contributed by atoms with Crippen molar-refractivity contribution in [3.63, 3.8) is 0 Å². The van der Waals surface area contributed by atoms with Crippen molar-refractivity contribution in [2.24, 2.45) is 23.2 Å². The number of esters is 1. The van der Waals surface area contributed by atoms with Gasteiger partial charge < -0.3 is 14.2 Å². The van der Waals surface area contributed by atoms with Gasteiger partial charge >= 0.3 is 5.97 Å². The Morgan fingerprint density at radius 1 is 1.32 bits per heavy atom. The molecule has 1 saturated carbocycles. The first-order valence-electron chi connectivity index (χ1n) is 7.20. The summed E-state index contributed by atoms with van der Waals surface area (Å²) in [5.41, 5.74) is -0.339. The lowest BCUT2D eigenvalue weighted by Gasteiger charge is -2.38. The molecule has 0 unspecified atom stereocenters. The van der Waals surface area contributed by atoms with Gasteiger partial charge in [0.2, 0.25) is 0 Å². The second kappa shape index (κ2) is 3.61. The minimum absolute atomic E-state index is 0.0114. The van der Waals surface area contributed by atoms with E-state index in [-0.39, 0.29) is 23.4 Å². The second-order valence-corrected chi connectivity index (χ2v) is 6.71. The Labute approximate surface area is 113 Å². The predicted molar refractivity (Wildman–Crippen MR) is 67.1 cm³/mol. The van der Waals surface area contributed by atoms with Gasteiger partial charge in [0.05, 0.1) is 24.7 Å². The van der Waals surface area contributed by atoms with Crippen molar-refractivity contribution in [3.8, 4) is 0 Å². The van der Waals surface area contributed by atoms with Crippen molar-refractivity contribution in [2.75, 3.05) is 13.2 Å². The molecule has 2 bridgehead atoms. The molecule has 4 rings (SSSR count). The van der Waals surface area contributed by atoms with Gasteiger partial charge in [0.25, 0.3) is 0 Å². The highest BCUT2D eigenvalue weighted by molar-refractivity contribution is 5.81. The van der Waals surface area contributed by atoms with Crippen molar-refractivity contribution in [3.05, 3.63) is 12.2 Å². The maximum atomic E-state index is 12.4. The van der Waals surface area contributed by atoms with E-state index in [4.69, 9.17) is 14.2 Å². The summed E-state index contributed by atoms with van der Waals surface area (Å²) < 4.78 is 17.1. The van der Waals surface area contributed by atoms with Crippen LogP contribution in [0.15, 0.2) is 12.2 Å². The smallest absolute Gasteiger partial charge is 0.313 e. The molecule has 0 aromatic rings. The Kier molecular flexibility index (Phi) is 2.26. The Morgan fingerprint density at radius 2 is 2.16 bits per heavy atom. The monoisotopic (exact) mass is 264 g/mol. The lowest BCUT2D eigenvalue weighted by Crippen LogP contribution is -2.45. The molecular weight excluding hydrogens is 244 g/mol. The quantitative estimate of drug-likeness (QED) is 0.536. The molecule has 2 aliphatic heterocycles. The number of cyclic esters (lactones) is 1. The highest BCUT2D eigenvalue weighted by Crippen LogP contribution is 2.62. The second-order valence-electron chi connectivity index (χ2n) is 6.71. The first-order valence-corrected chi connectivity index (χ1v) is 7.20. The summed E-state index contributed by atoms with van der Waals surface area (Å²) in [6.45, 7) is 5.03. The number of allylic oxidation sites excluding steroid dienone is 2. The van der Waals surface area contributed by atoms with E-state index in [2.05, 4.69) is 12.2 Å². The first-order chi connectivity index (χ1) is 9.03. The average Bonchev–Trinajstić information content (AvgIpc) is 3.06. The topological polar surface area (TPSA) is 44.8 Å². The molecule has 104 valence electrons. The molecule has 4 aliphatic rings. The summed E-state index contributed by atoms with van der Waals surface area (Å²) in [7, 11) is 0. The van der Waals surface area contributed by atoms with Crippen LogP contribution in [0.2, 0.25) is 0 Å². The highest BCUT2D eigenvalue weighted by Gasteiger charge is 2.66. The van der Waals surface area contributed by atoms with Crippen molar-refractivity contribution in [1.82, 2.24) is 0 Å². The minimum Gasteiger partial charge on any atom is -0.465 e. The standard InChI is InChI=1S/C15H20O4/c1-14(2)18-8-11(19-14)12-9-3-4-10(7-9)15(12)5-6-17-13(15)16/h3-4,9-12H,5-8H2,1-2H3/t9-,10+,11+,12+,15-/m1/s1. The van der Waals surface area contributed by atoms with Crippen LogP contribution in [-0.4, -0.2) is 31.1 Å². The molecule has 0 aromatic carbocycles. The van der Waals surface area contributed by atoms with Crippen LogP contribution in [0.25, 0.3) is 0 Å². The number of rotatable bonds is 1. The Morgan fingerprint density at radius 3 is 2.79 bits per heavy atom. The number of hydrogen-bond donors (Lipinski definition) is 0. The van der Waals surface area contributed by atoms with E-state index in [9.17, 15) is 4.79 Å². The summed E-state index contributed by atoms with van der Waals surface area (Å²) in [6, 6.07) is 0. The summed E-state index contributed by atoms with van der Waals surface area (Å²) in [6.07, 6.45) is 6.40. The van der Waals surface area contributed by atoms with E-state index in [0.29, 0.717) is 25.0 Å². The maximum absolute atomic E-state index is 12.4. The summed E-state index contributed by atoms with van der Waals surface area (Å²) in [5, 5.41) is 0. The molecule has 2 aliphatic carbocycles. The third kappa shape index (κ3) is 1.44. The van der Waals surface area contributed by atoms with Gasteiger partial charge in [0.1, 0.15) is 0 Å². The van der Waals surface area contributed by atoms with Crippen LogP contribution in [0.3, 0.4) is 0 Å². The molecule has 0 amide bonds. The molecule has 4 nitrogen and oxygen atoms in total. The molecule has 4 heteroatoms. The van der Waals surface area contributed by atoms with Crippen LogP contribution >= 0.6 is 0 Å². The molecule has 5 atom stereocenters. The fourth-order valence-electron chi connectivity index (χ4n) is 4.69. The third-order valence-corrected chi connectivity index (χ3v) is 5.39. The lowest BCUT2D eigenvalue weighted by molar-refractivity contribution is -0.164. The number of hydrogen-bond acceptors (Lipinski definition) is 4. The minimum atomic E-state index is -0.528. The van der Waals surface area contributed by atoms with Crippen molar-refractivity contribution >= 4 is 5.97 Å². The Bertz CT molecular complexity index is 455. The van der Waals surface area contributed by atoms with Gasteiger partial charge in [-0.1, -0.05) is 12.2 Å². The van der Waals surface area contributed by atoms with Crippen molar-refractivity contribution in [1.29, 1.82) is 0 Å². The molecule has 0 radical (unpaired) electrons. The van der Waals surface area contributed by atoms with Crippen molar-refractivity contribution in [2.45, 2.75) is 38.6 Å². The first kappa shape index (κ1) is 11.9. The van der Waals surface area contributed by atoms with Crippen LogP contribution in [0.5, 0.6) is 0 Å². The van der Waals surface area contributed by atoms with Gasteiger partial charge in [-0.15, -0.1) is 0 Å². The van der Waals surface area contributed by atoms with E-state index in [1.54, 1.807) is 0 Å². The molecule has 0 aromatic heterocycles. The Balaban J connectivity index is 1.70. The van der Waals surface area contributed by atoms with Crippen molar-refractivity contribution < 1.29 is 19.0 Å². The molecule has 2 heterocycles. The van der Waals surface area contributed by atoms with Crippen LogP contribution < -0.4 is 0 Å². The lowest BCUT2D eigenvalue weighted by atomic mass is 9.65. The zero-order valence-electron chi connectivity index (χ0n) is 11.4. The molecule has 3 fully saturated rings.